The van der Waals surface area contributed by atoms with Crippen LogP contribution in [0, 0.1) is 16.7 Å². The fourth-order valence-electron chi connectivity index (χ4n) is 5.74. The van der Waals surface area contributed by atoms with E-state index in [9.17, 15) is 14.7 Å². The summed E-state index contributed by atoms with van der Waals surface area (Å²) in [7, 11) is 0. The zero-order valence-electron chi connectivity index (χ0n) is 15.1. The Morgan fingerprint density at radius 3 is 2.68 bits per heavy atom. The number of esters is 1. The summed E-state index contributed by atoms with van der Waals surface area (Å²) in [5.74, 6) is -0.274. The molecule has 2 aliphatic carbocycles. The summed E-state index contributed by atoms with van der Waals surface area (Å²) in [6.45, 7) is 9.97. The fourth-order valence-corrected chi connectivity index (χ4v) is 5.74. The highest BCUT2D eigenvalue weighted by Crippen LogP contribution is 2.67. The van der Waals surface area contributed by atoms with Crippen molar-refractivity contribution in [1.82, 2.24) is 0 Å². The Morgan fingerprint density at radius 2 is 2.00 bits per heavy atom. The van der Waals surface area contributed by atoms with Crippen molar-refractivity contribution in [3.05, 3.63) is 23.8 Å². The molecule has 136 valence electrons. The molecule has 2 saturated carbocycles. The van der Waals surface area contributed by atoms with Gasteiger partial charge in [-0.2, -0.15) is 0 Å². The molecular formula is C20H26O5. The summed E-state index contributed by atoms with van der Waals surface area (Å²) in [4.78, 5) is 25.2. The van der Waals surface area contributed by atoms with Crippen molar-refractivity contribution in [1.29, 1.82) is 0 Å². The molecule has 5 heteroatoms. The molecular weight excluding hydrogens is 320 g/mol. The van der Waals surface area contributed by atoms with Gasteiger partial charge in [0, 0.05) is 11.3 Å². The van der Waals surface area contributed by atoms with Crippen LogP contribution in [0.3, 0.4) is 0 Å². The van der Waals surface area contributed by atoms with Crippen LogP contribution in [0.25, 0.3) is 0 Å². The maximum Gasteiger partial charge on any atom is 0.312 e. The number of hydrogen-bond acceptors (Lipinski definition) is 5. The number of fused-ring (bicyclic) bond motifs is 5. The van der Waals surface area contributed by atoms with E-state index in [0.717, 1.165) is 0 Å². The average Bonchev–Trinajstić information content (AvgIpc) is 2.86. The number of ketones is 1. The Kier molecular flexibility index (Phi) is 3.42. The second kappa shape index (κ2) is 5.04. The van der Waals surface area contributed by atoms with Gasteiger partial charge >= 0.3 is 5.97 Å². The van der Waals surface area contributed by atoms with Gasteiger partial charge in [-0.25, -0.2) is 0 Å². The molecule has 0 spiro atoms. The molecule has 0 aromatic heterocycles. The first-order valence-corrected chi connectivity index (χ1v) is 9.11. The van der Waals surface area contributed by atoms with Crippen molar-refractivity contribution >= 4 is 11.8 Å². The summed E-state index contributed by atoms with van der Waals surface area (Å²) in [5.41, 5.74) is -1.31. The van der Waals surface area contributed by atoms with Crippen LogP contribution in [-0.4, -0.2) is 41.3 Å². The van der Waals surface area contributed by atoms with Gasteiger partial charge in [-0.1, -0.05) is 13.5 Å². The summed E-state index contributed by atoms with van der Waals surface area (Å²) in [6.07, 6.45) is 3.20. The van der Waals surface area contributed by atoms with Crippen LogP contribution in [0.15, 0.2) is 23.8 Å². The number of carbonyl (C=O) groups excluding carboxylic acids is 2. The molecule has 6 atom stereocenters. The molecule has 5 nitrogen and oxygen atoms in total. The van der Waals surface area contributed by atoms with Crippen molar-refractivity contribution in [3.63, 3.8) is 0 Å². The Balaban J connectivity index is 1.82. The van der Waals surface area contributed by atoms with Crippen LogP contribution < -0.4 is 0 Å². The average molecular weight is 346 g/mol. The lowest BCUT2D eigenvalue weighted by molar-refractivity contribution is -0.204. The Labute approximate surface area is 148 Å². The van der Waals surface area contributed by atoms with Crippen LogP contribution in [0.4, 0.5) is 0 Å². The molecule has 0 unspecified atom stereocenters. The van der Waals surface area contributed by atoms with Crippen LogP contribution in [-0.2, 0) is 19.1 Å². The summed E-state index contributed by atoms with van der Waals surface area (Å²) in [6, 6.07) is 0. The smallest absolute Gasteiger partial charge is 0.312 e. The van der Waals surface area contributed by atoms with E-state index in [1.54, 1.807) is 13.0 Å². The quantitative estimate of drug-likeness (QED) is 0.583. The third-order valence-electron chi connectivity index (χ3n) is 7.60. The first kappa shape index (κ1) is 17.0. The van der Waals surface area contributed by atoms with Gasteiger partial charge in [-0.3, -0.25) is 9.59 Å². The van der Waals surface area contributed by atoms with Gasteiger partial charge < -0.3 is 14.6 Å². The molecule has 0 aromatic rings. The van der Waals surface area contributed by atoms with Crippen LogP contribution in [0.5, 0.6) is 0 Å². The summed E-state index contributed by atoms with van der Waals surface area (Å²) in [5, 5.41) is 11.8. The van der Waals surface area contributed by atoms with E-state index >= 15 is 0 Å². The summed E-state index contributed by atoms with van der Waals surface area (Å²) < 4.78 is 11.4. The predicted octanol–water partition coefficient (Wildman–Crippen LogP) is 2.33. The van der Waals surface area contributed by atoms with Crippen LogP contribution in [0.2, 0.25) is 0 Å². The van der Waals surface area contributed by atoms with Gasteiger partial charge in [-0.15, -0.1) is 0 Å². The maximum atomic E-state index is 12.6. The maximum absolute atomic E-state index is 12.6. The molecule has 4 aliphatic rings. The molecule has 0 bridgehead atoms. The van der Waals surface area contributed by atoms with E-state index in [1.165, 1.54) is 0 Å². The largest absolute Gasteiger partial charge is 0.465 e. The molecule has 25 heavy (non-hydrogen) atoms. The Bertz CT molecular complexity index is 709. The van der Waals surface area contributed by atoms with Gasteiger partial charge in [-0.05, 0) is 56.8 Å². The third-order valence-corrected chi connectivity index (χ3v) is 7.60. The first-order chi connectivity index (χ1) is 11.6. The molecule has 2 aliphatic heterocycles. The number of cyclic esters (lactones) is 1. The monoisotopic (exact) mass is 346 g/mol. The van der Waals surface area contributed by atoms with Gasteiger partial charge in [0.15, 0.2) is 5.78 Å². The van der Waals surface area contributed by atoms with E-state index in [1.807, 2.05) is 13.8 Å². The second-order valence-corrected chi connectivity index (χ2v) is 8.62. The number of rotatable bonds is 1. The van der Waals surface area contributed by atoms with E-state index in [-0.39, 0.29) is 23.8 Å². The van der Waals surface area contributed by atoms with E-state index in [4.69, 9.17) is 9.47 Å². The van der Waals surface area contributed by atoms with Crippen molar-refractivity contribution in [2.75, 3.05) is 6.61 Å². The lowest BCUT2D eigenvalue weighted by atomic mass is 9.43. The van der Waals surface area contributed by atoms with E-state index in [0.29, 0.717) is 43.4 Å². The molecule has 2 heterocycles. The highest BCUT2D eigenvalue weighted by atomic mass is 16.5. The number of ether oxygens (including phenoxy) is 2. The van der Waals surface area contributed by atoms with E-state index in [2.05, 4.69) is 6.58 Å². The normalized spacial score (nSPS) is 48.8. The number of carbonyl (C=O) groups is 2. The third kappa shape index (κ3) is 1.86. The lowest BCUT2D eigenvalue weighted by Gasteiger charge is -2.62. The van der Waals surface area contributed by atoms with Gasteiger partial charge in [0.2, 0.25) is 0 Å². The molecule has 0 radical (unpaired) electrons. The van der Waals surface area contributed by atoms with Gasteiger partial charge in [0.1, 0.15) is 6.10 Å². The summed E-state index contributed by atoms with van der Waals surface area (Å²) >= 11 is 0. The molecule has 0 amide bonds. The zero-order chi connectivity index (χ0) is 18.2. The van der Waals surface area contributed by atoms with Crippen molar-refractivity contribution in [2.45, 2.75) is 64.3 Å². The molecule has 4 rings (SSSR count). The van der Waals surface area contributed by atoms with Crippen molar-refractivity contribution < 1.29 is 24.2 Å². The minimum Gasteiger partial charge on any atom is -0.465 e. The van der Waals surface area contributed by atoms with Crippen LogP contribution >= 0.6 is 0 Å². The number of hydrogen-bond donors (Lipinski definition) is 1. The van der Waals surface area contributed by atoms with Crippen molar-refractivity contribution in [3.8, 4) is 0 Å². The van der Waals surface area contributed by atoms with Crippen molar-refractivity contribution in [2.24, 2.45) is 16.7 Å². The standard InChI is InChI=1S/C20H26O5/c1-11(2)16-14(21)9-13-15(25-16)6-7-18(3)19(4)12(10-24-17(19)22)5-8-20(13,18)23/h9,12,15-16,23H,1,5-8,10H2,2-4H3/t12-,15-,16+,18+,19+,20+/m0/s1. The number of aliphatic hydroxyl groups is 1. The molecule has 3 fully saturated rings. The lowest BCUT2D eigenvalue weighted by Crippen LogP contribution is -2.67. The topological polar surface area (TPSA) is 72.8 Å². The first-order valence-electron chi connectivity index (χ1n) is 9.11. The Hall–Kier alpha value is -1.46. The highest BCUT2D eigenvalue weighted by molar-refractivity contribution is 5.97. The zero-order valence-corrected chi connectivity index (χ0v) is 15.1. The SMILES string of the molecule is C=C(C)[C@H]1O[C@H]2CC[C@@]3(C)[C@@](O)(CC[C@H]4COC(=O)[C@@]43C)C2=CC1=O. The second-order valence-electron chi connectivity index (χ2n) is 8.62. The minimum atomic E-state index is -1.22. The molecule has 1 N–H and O–H groups in total. The fraction of sp³-hybridized carbons (Fsp3) is 0.700. The predicted molar refractivity (Wildman–Crippen MR) is 90.6 cm³/mol. The van der Waals surface area contributed by atoms with E-state index < -0.39 is 22.5 Å². The Morgan fingerprint density at radius 1 is 1.28 bits per heavy atom. The molecule has 0 aromatic carbocycles. The highest BCUT2D eigenvalue weighted by Gasteiger charge is 2.72. The van der Waals surface area contributed by atoms with Crippen LogP contribution in [0.1, 0.15) is 46.5 Å². The van der Waals surface area contributed by atoms with Gasteiger partial charge in [0.25, 0.3) is 0 Å². The van der Waals surface area contributed by atoms with Gasteiger partial charge in [0.05, 0.1) is 23.7 Å². The minimum absolute atomic E-state index is 0.116. The molecule has 1 saturated heterocycles.